The van der Waals surface area contributed by atoms with Gasteiger partial charge in [-0.3, -0.25) is 10.1 Å². The quantitative estimate of drug-likeness (QED) is 0.455. The van der Waals surface area contributed by atoms with E-state index >= 15 is 0 Å². The molecule has 20 heavy (non-hydrogen) atoms. The molecule has 2 aromatic rings. The van der Waals surface area contributed by atoms with E-state index in [9.17, 15) is 10.1 Å². The molecule has 0 saturated heterocycles. The van der Waals surface area contributed by atoms with E-state index in [0.29, 0.717) is 13.2 Å². The van der Waals surface area contributed by atoms with Gasteiger partial charge in [-0.15, -0.1) is 0 Å². The van der Waals surface area contributed by atoms with Crippen LogP contribution in [0.1, 0.15) is 11.1 Å². The van der Waals surface area contributed by atoms with E-state index in [-0.39, 0.29) is 5.69 Å². The fourth-order valence-corrected chi connectivity index (χ4v) is 1.71. The maximum absolute atomic E-state index is 10.5. The molecule has 4 nitrogen and oxygen atoms in total. The van der Waals surface area contributed by atoms with Gasteiger partial charge in [-0.1, -0.05) is 42.5 Å². The average molecular weight is 269 g/mol. The second-order valence-corrected chi connectivity index (χ2v) is 4.25. The highest BCUT2D eigenvalue weighted by Gasteiger charge is 2.01. The first kappa shape index (κ1) is 14.0. The summed E-state index contributed by atoms with van der Waals surface area (Å²) in [4.78, 5) is 10.1. The van der Waals surface area contributed by atoms with Crippen LogP contribution in [0.4, 0.5) is 5.69 Å². The predicted molar refractivity (Wildman–Crippen MR) is 78.2 cm³/mol. The largest absolute Gasteiger partial charge is 0.373 e. The fourth-order valence-electron chi connectivity index (χ4n) is 1.71. The molecular formula is C16H15NO3. The van der Waals surface area contributed by atoms with Crippen LogP contribution >= 0.6 is 0 Å². The Balaban J connectivity index is 1.77. The molecule has 0 aliphatic carbocycles. The molecule has 0 radical (unpaired) electrons. The maximum Gasteiger partial charge on any atom is 0.269 e. The average Bonchev–Trinajstić information content (AvgIpc) is 2.48. The topological polar surface area (TPSA) is 52.4 Å². The van der Waals surface area contributed by atoms with Crippen molar-refractivity contribution in [2.75, 3.05) is 6.61 Å². The van der Waals surface area contributed by atoms with Crippen LogP contribution in [0.15, 0.2) is 60.7 Å². The zero-order chi connectivity index (χ0) is 14.2. The Labute approximate surface area is 117 Å². The van der Waals surface area contributed by atoms with E-state index in [1.807, 2.05) is 42.5 Å². The second kappa shape index (κ2) is 7.21. The molecule has 0 aliphatic heterocycles. The lowest BCUT2D eigenvalue weighted by molar-refractivity contribution is -0.384. The third-order valence-corrected chi connectivity index (χ3v) is 2.74. The van der Waals surface area contributed by atoms with Gasteiger partial charge < -0.3 is 4.74 Å². The Kier molecular flexibility index (Phi) is 5.03. The van der Waals surface area contributed by atoms with E-state index in [2.05, 4.69) is 0 Å². The lowest BCUT2D eigenvalue weighted by atomic mass is 10.2. The van der Waals surface area contributed by atoms with Crippen molar-refractivity contribution < 1.29 is 9.66 Å². The van der Waals surface area contributed by atoms with Crippen LogP contribution in [-0.2, 0) is 11.3 Å². The SMILES string of the molecule is O=[N+]([O-])c1ccc(/C=C/COCc2ccccc2)cc1. The Morgan fingerprint density at radius 2 is 1.75 bits per heavy atom. The molecular weight excluding hydrogens is 254 g/mol. The Morgan fingerprint density at radius 3 is 2.40 bits per heavy atom. The van der Waals surface area contributed by atoms with Crippen molar-refractivity contribution in [3.63, 3.8) is 0 Å². The van der Waals surface area contributed by atoms with Gasteiger partial charge >= 0.3 is 0 Å². The first-order valence-electron chi connectivity index (χ1n) is 6.28. The minimum Gasteiger partial charge on any atom is -0.373 e. The maximum atomic E-state index is 10.5. The van der Waals surface area contributed by atoms with Crippen LogP contribution < -0.4 is 0 Å². The summed E-state index contributed by atoms with van der Waals surface area (Å²) >= 11 is 0. The van der Waals surface area contributed by atoms with Crippen LogP contribution in [0.2, 0.25) is 0 Å². The highest BCUT2D eigenvalue weighted by atomic mass is 16.6. The molecule has 0 unspecified atom stereocenters. The zero-order valence-electron chi connectivity index (χ0n) is 10.9. The highest BCUT2D eigenvalue weighted by Crippen LogP contribution is 2.12. The van der Waals surface area contributed by atoms with Crippen LogP contribution in [-0.4, -0.2) is 11.5 Å². The van der Waals surface area contributed by atoms with Gasteiger partial charge in [0.15, 0.2) is 0 Å². The second-order valence-electron chi connectivity index (χ2n) is 4.25. The van der Waals surface area contributed by atoms with Crippen LogP contribution in [0.3, 0.4) is 0 Å². The molecule has 0 fully saturated rings. The third-order valence-electron chi connectivity index (χ3n) is 2.74. The number of nitro benzene ring substituents is 1. The van der Waals surface area contributed by atoms with Gasteiger partial charge in [0.1, 0.15) is 0 Å². The van der Waals surface area contributed by atoms with E-state index in [1.165, 1.54) is 12.1 Å². The number of non-ortho nitro benzene ring substituents is 1. The van der Waals surface area contributed by atoms with Gasteiger partial charge in [0.05, 0.1) is 18.1 Å². The van der Waals surface area contributed by atoms with Crippen molar-refractivity contribution in [2.24, 2.45) is 0 Å². The fraction of sp³-hybridized carbons (Fsp3) is 0.125. The molecule has 0 N–H and O–H groups in total. The van der Waals surface area contributed by atoms with Crippen LogP contribution in [0, 0.1) is 10.1 Å². The van der Waals surface area contributed by atoms with Crippen molar-refractivity contribution in [3.05, 3.63) is 81.9 Å². The van der Waals surface area contributed by atoms with E-state index in [1.54, 1.807) is 12.1 Å². The van der Waals surface area contributed by atoms with Crippen molar-refractivity contribution in [3.8, 4) is 0 Å². The lowest BCUT2D eigenvalue weighted by Gasteiger charge is -2.00. The van der Waals surface area contributed by atoms with Gasteiger partial charge in [0.2, 0.25) is 0 Å². The smallest absolute Gasteiger partial charge is 0.269 e. The molecule has 0 saturated carbocycles. The lowest BCUT2D eigenvalue weighted by Crippen LogP contribution is -1.92. The van der Waals surface area contributed by atoms with Crippen molar-refractivity contribution >= 4 is 11.8 Å². The molecule has 102 valence electrons. The summed E-state index contributed by atoms with van der Waals surface area (Å²) in [5, 5.41) is 10.5. The summed E-state index contributed by atoms with van der Waals surface area (Å²) in [6.45, 7) is 1.08. The third kappa shape index (κ3) is 4.33. The Morgan fingerprint density at radius 1 is 1.05 bits per heavy atom. The summed E-state index contributed by atoms with van der Waals surface area (Å²) in [6, 6.07) is 16.4. The van der Waals surface area contributed by atoms with E-state index < -0.39 is 4.92 Å². The molecule has 0 spiro atoms. The van der Waals surface area contributed by atoms with Crippen LogP contribution in [0.5, 0.6) is 0 Å². The van der Waals surface area contributed by atoms with E-state index in [0.717, 1.165) is 11.1 Å². The van der Waals surface area contributed by atoms with Gasteiger partial charge in [-0.25, -0.2) is 0 Å². The Hall–Kier alpha value is -2.46. The molecule has 0 atom stereocenters. The van der Waals surface area contributed by atoms with Gasteiger partial charge in [0.25, 0.3) is 5.69 Å². The van der Waals surface area contributed by atoms with Crippen molar-refractivity contribution in [2.45, 2.75) is 6.61 Å². The predicted octanol–water partition coefficient (Wildman–Crippen LogP) is 3.82. The molecule has 4 heteroatoms. The first-order valence-corrected chi connectivity index (χ1v) is 6.28. The van der Waals surface area contributed by atoms with Gasteiger partial charge in [-0.05, 0) is 23.3 Å². The number of hydrogen-bond acceptors (Lipinski definition) is 3. The summed E-state index contributed by atoms with van der Waals surface area (Å²) in [5.41, 5.74) is 2.15. The minimum absolute atomic E-state index is 0.0995. The Bertz CT molecular complexity index is 576. The first-order chi connectivity index (χ1) is 9.75. The zero-order valence-corrected chi connectivity index (χ0v) is 10.9. The van der Waals surface area contributed by atoms with Gasteiger partial charge in [-0.2, -0.15) is 0 Å². The molecule has 2 rings (SSSR count). The highest BCUT2D eigenvalue weighted by molar-refractivity contribution is 5.51. The minimum atomic E-state index is -0.406. The number of rotatable bonds is 6. The summed E-state index contributed by atoms with van der Waals surface area (Å²) < 4.78 is 5.51. The number of nitro groups is 1. The molecule has 0 aromatic heterocycles. The number of benzene rings is 2. The number of nitrogens with zero attached hydrogens (tertiary/aromatic N) is 1. The van der Waals surface area contributed by atoms with Crippen molar-refractivity contribution in [1.29, 1.82) is 0 Å². The van der Waals surface area contributed by atoms with Gasteiger partial charge in [0, 0.05) is 12.1 Å². The summed E-state index contributed by atoms with van der Waals surface area (Å²) in [5.74, 6) is 0. The molecule has 0 amide bonds. The van der Waals surface area contributed by atoms with Crippen LogP contribution in [0.25, 0.3) is 6.08 Å². The number of ether oxygens (including phenoxy) is 1. The normalized spacial score (nSPS) is 10.8. The number of hydrogen-bond donors (Lipinski definition) is 0. The molecule has 0 heterocycles. The standard InChI is InChI=1S/C16H15NO3/c18-17(19)16-10-8-14(9-11-16)7-4-12-20-13-15-5-2-1-3-6-15/h1-11H,12-13H2/b7-4+. The molecule has 2 aromatic carbocycles. The summed E-state index contributed by atoms with van der Waals surface area (Å²) in [6.07, 6.45) is 3.78. The summed E-state index contributed by atoms with van der Waals surface area (Å²) in [7, 11) is 0. The molecule has 0 aliphatic rings. The van der Waals surface area contributed by atoms with Crippen molar-refractivity contribution in [1.82, 2.24) is 0 Å². The van der Waals surface area contributed by atoms with E-state index in [4.69, 9.17) is 4.74 Å². The monoisotopic (exact) mass is 269 g/mol. The molecule has 0 bridgehead atoms.